The molecule has 1 aliphatic heterocycles. The Balaban J connectivity index is 1.63. The summed E-state index contributed by atoms with van der Waals surface area (Å²) in [6, 6.07) is 7.68. The van der Waals surface area contributed by atoms with Gasteiger partial charge >= 0.3 is 0 Å². The molecule has 8 heteroatoms. The number of piperazine rings is 1. The van der Waals surface area contributed by atoms with Crippen molar-refractivity contribution in [1.29, 1.82) is 0 Å². The number of methoxy groups -OCH3 is 1. The number of imidazole rings is 1. The van der Waals surface area contributed by atoms with Crippen LogP contribution in [0.5, 0.6) is 5.75 Å². The fourth-order valence-corrected chi connectivity index (χ4v) is 3.91. The standard InChI is InChI=1S/C21H22ClN5O2/c1-23-14-25-5-7-26(8-6-25)16-3-4-27-12-19(24-21(27)10-16)17-11-18(22)20(29-2)9-15(17)13-28/h3-4,9-12,28H,5-8,13-14H2,2H3. The van der Waals surface area contributed by atoms with Gasteiger partial charge in [0, 0.05) is 55.9 Å². The number of ether oxygens (including phenoxy) is 1. The first-order valence-corrected chi connectivity index (χ1v) is 9.77. The van der Waals surface area contributed by atoms with Crippen LogP contribution >= 0.6 is 11.6 Å². The van der Waals surface area contributed by atoms with Crippen LogP contribution < -0.4 is 9.64 Å². The van der Waals surface area contributed by atoms with E-state index >= 15 is 0 Å². The highest BCUT2D eigenvalue weighted by atomic mass is 35.5. The smallest absolute Gasteiger partial charge is 0.270 e. The minimum absolute atomic E-state index is 0.128. The summed E-state index contributed by atoms with van der Waals surface area (Å²) in [5.74, 6) is 0.530. The van der Waals surface area contributed by atoms with Crippen molar-refractivity contribution in [2.75, 3.05) is 44.9 Å². The van der Waals surface area contributed by atoms with Gasteiger partial charge in [0.1, 0.15) is 11.4 Å². The summed E-state index contributed by atoms with van der Waals surface area (Å²) in [5, 5.41) is 10.3. The molecule has 3 aromatic rings. The molecule has 29 heavy (non-hydrogen) atoms. The van der Waals surface area contributed by atoms with E-state index in [4.69, 9.17) is 27.9 Å². The fraction of sp³-hybridized carbons (Fsp3) is 0.333. The molecule has 0 atom stereocenters. The van der Waals surface area contributed by atoms with Gasteiger partial charge in [-0.25, -0.2) is 16.5 Å². The van der Waals surface area contributed by atoms with Crippen LogP contribution in [0.3, 0.4) is 0 Å². The Kier molecular flexibility index (Phi) is 5.58. The Hall–Kier alpha value is -2.79. The molecule has 1 saturated heterocycles. The summed E-state index contributed by atoms with van der Waals surface area (Å²) in [7, 11) is 1.55. The van der Waals surface area contributed by atoms with E-state index in [-0.39, 0.29) is 6.61 Å². The molecule has 1 aromatic carbocycles. The van der Waals surface area contributed by atoms with Gasteiger partial charge in [-0.15, -0.1) is 0 Å². The van der Waals surface area contributed by atoms with E-state index in [1.165, 1.54) is 0 Å². The van der Waals surface area contributed by atoms with Crippen molar-refractivity contribution in [3.05, 3.63) is 58.7 Å². The van der Waals surface area contributed by atoms with Crippen molar-refractivity contribution in [2.24, 2.45) is 0 Å². The van der Waals surface area contributed by atoms with Gasteiger partial charge in [0.05, 0.1) is 24.4 Å². The van der Waals surface area contributed by atoms with Gasteiger partial charge in [0.2, 0.25) is 0 Å². The van der Waals surface area contributed by atoms with Crippen molar-refractivity contribution in [3.63, 3.8) is 0 Å². The van der Waals surface area contributed by atoms with Crippen molar-refractivity contribution in [1.82, 2.24) is 14.3 Å². The van der Waals surface area contributed by atoms with E-state index in [2.05, 4.69) is 26.8 Å². The largest absolute Gasteiger partial charge is 0.495 e. The molecule has 7 nitrogen and oxygen atoms in total. The first kappa shape index (κ1) is 19.5. The van der Waals surface area contributed by atoms with Crippen LogP contribution in [0.15, 0.2) is 36.7 Å². The number of aliphatic hydroxyl groups excluding tert-OH is 1. The van der Waals surface area contributed by atoms with Gasteiger partial charge < -0.3 is 19.1 Å². The molecular formula is C21H22ClN5O2. The molecule has 0 spiro atoms. The highest BCUT2D eigenvalue weighted by Gasteiger charge is 2.19. The van der Waals surface area contributed by atoms with Gasteiger partial charge in [-0.05, 0) is 23.8 Å². The van der Waals surface area contributed by atoms with Gasteiger partial charge in [-0.1, -0.05) is 11.6 Å². The molecule has 1 N–H and O–H groups in total. The third kappa shape index (κ3) is 3.87. The van der Waals surface area contributed by atoms with Crippen LogP contribution in [0.25, 0.3) is 21.7 Å². The highest BCUT2D eigenvalue weighted by Crippen LogP contribution is 2.34. The monoisotopic (exact) mass is 411 g/mol. The molecule has 0 aliphatic carbocycles. The minimum atomic E-state index is -0.128. The third-order valence-corrected chi connectivity index (χ3v) is 5.57. The van der Waals surface area contributed by atoms with Gasteiger partial charge in [0.15, 0.2) is 0 Å². The van der Waals surface area contributed by atoms with Crippen molar-refractivity contribution < 1.29 is 9.84 Å². The molecule has 0 amide bonds. The van der Waals surface area contributed by atoms with E-state index in [0.717, 1.165) is 48.8 Å². The predicted octanol–water partition coefficient (Wildman–Crippen LogP) is 3.15. The Morgan fingerprint density at radius 3 is 2.72 bits per heavy atom. The van der Waals surface area contributed by atoms with Crippen molar-refractivity contribution >= 4 is 22.9 Å². The first-order chi connectivity index (χ1) is 14.1. The molecule has 4 rings (SSSR count). The summed E-state index contributed by atoms with van der Waals surface area (Å²) >= 11 is 6.30. The SMILES string of the molecule is [C-]#[N+]CN1CCN(c2ccn3cc(-c4cc(Cl)c(OC)cc4CO)nc3c2)CC1. The second-order valence-electron chi connectivity index (χ2n) is 6.98. The molecule has 2 aromatic heterocycles. The van der Waals surface area contributed by atoms with Gasteiger partial charge in [-0.2, -0.15) is 0 Å². The number of hydrogen-bond donors (Lipinski definition) is 1. The number of nitrogens with zero attached hydrogens (tertiary/aromatic N) is 5. The Morgan fingerprint density at radius 1 is 1.24 bits per heavy atom. The number of fused-ring (bicyclic) bond motifs is 1. The van der Waals surface area contributed by atoms with Gasteiger partial charge in [0.25, 0.3) is 6.67 Å². The Morgan fingerprint density at radius 2 is 2.03 bits per heavy atom. The molecule has 0 radical (unpaired) electrons. The maximum atomic E-state index is 9.78. The third-order valence-electron chi connectivity index (χ3n) is 5.28. The molecule has 3 heterocycles. The first-order valence-electron chi connectivity index (χ1n) is 9.40. The molecule has 1 aliphatic rings. The lowest BCUT2D eigenvalue weighted by Gasteiger charge is -2.33. The van der Waals surface area contributed by atoms with E-state index < -0.39 is 0 Å². The molecular weight excluding hydrogens is 390 g/mol. The number of aliphatic hydroxyl groups is 1. The summed E-state index contributed by atoms with van der Waals surface area (Å²) in [5.41, 5.74) is 4.20. The fourth-order valence-electron chi connectivity index (χ4n) is 3.67. The molecule has 0 saturated carbocycles. The zero-order valence-corrected chi connectivity index (χ0v) is 16.9. The van der Waals surface area contributed by atoms with E-state index in [9.17, 15) is 5.11 Å². The lowest BCUT2D eigenvalue weighted by molar-refractivity contribution is 0.281. The summed E-state index contributed by atoms with van der Waals surface area (Å²) in [6.45, 7) is 10.9. The number of anilines is 1. The Labute approximate surface area is 174 Å². The van der Waals surface area contributed by atoms with E-state index in [1.807, 2.05) is 16.8 Å². The second-order valence-corrected chi connectivity index (χ2v) is 7.39. The summed E-state index contributed by atoms with van der Waals surface area (Å²) < 4.78 is 7.21. The predicted molar refractivity (Wildman–Crippen MR) is 113 cm³/mol. The topological polar surface area (TPSA) is 57.6 Å². The van der Waals surface area contributed by atoms with Crippen molar-refractivity contribution in [3.8, 4) is 17.0 Å². The molecule has 0 unspecified atom stereocenters. The van der Waals surface area contributed by atoms with Crippen LogP contribution in [-0.4, -0.2) is 59.3 Å². The number of benzene rings is 1. The lowest BCUT2D eigenvalue weighted by Crippen LogP contribution is -2.46. The zero-order valence-electron chi connectivity index (χ0n) is 16.2. The van der Waals surface area contributed by atoms with Crippen LogP contribution in [0.2, 0.25) is 5.02 Å². The molecule has 1 fully saturated rings. The normalized spacial score (nSPS) is 14.9. The number of hydrogen-bond acceptors (Lipinski definition) is 5. The van der Waals surface area contributed by atoms with Crippen LogP contribution in [0.1, 0.15) is 5.56 Å². The summed E-state index contributed by atoms with van der Waals surface area (Å²) in [4.78, 5) is 12.7. The number of aromatic nitrogens is 2. The average molecular weight is 412 g/mol. The maximum Gasteiger partial charge on any atom is 0.270 e. The highest BCUT2D eigenvalue weighted by molar-refractivity contribution is 6.32. The number of halogens is 1. The van der Waals surface area contributed by atoms with Crippen molar-refractivity contribution in [2.45, 2.75) is 6.61 Å². The Bertz CT molecular complexity index is 1070. The van der Waals surface area contributed by atoms with Crippen LogP contribution in [0.4, 0.5) is 5.69 Å². The maximum absolute atomic E-state index is 9.78. The number of pyridine rings is 1. The minimum Gasteiger partial charge on any atom is -0.495 e. The zero-order chi connectivity index (χ0) is 20.4. The molecule has 150 valence electrons. The van der Waals surface area contributed by atoms with E-state index in [1.54, 1.807) is 19.2 Å². The van der Waals surface area contributed by atoms with Crippen LogP contribution in [-0.2, 0) is 6.61 Å². The number of rotatable bonds is 5. The molecule has 0 bridgehead atoms. The summed E-state index contributed by atoms with van der Waals surface area (Å²) in [6.07, 6.45) is 3.93. The quantitative estimate of drug-likeness (QED) is 0.653. The average Bonchev–Trinajstić information content (AvgIpc) is 3.17. The second kappa shape index (κ2) is 8.29. The van der Waals surface area contributed by atoms with Crippen LogP contribution in [0, 0.1) is 6.57 Å². The van der Waals surface area contributed by atoms with Gasteiger partial charge in [-0.3, -0.25) is 4.85 Å². The van der Waals surface area contributed by atoms with E-state index in [0.29, 0.717) is 23.0 Å². The lowest BCUT2D eigenvalue weighted by atomic mass is 10.1.